The topological polar surface area (TPSA) is 393 Å². The van der Waals surface area contributed by atoms with Gasteiger partial charge >= 0.3 is 21.7 Å². The Hall–Kier alpha value is -4.27. The molecular formula is C32H47N9O17P2. The highest BCUT2D eigenvalue weighted by Crippen LogP contribution is 2.60. The molecule has 0 spiro atoms. The van der Waals surface area contributed by atoms with Gasteiger partial charge in [-0.25, -0.2) is 28.9 Å². The van der Waals surface area contributed by atoms with Gasteiger partial charge in [0.05, 0.1) is 19.5 Å². The Morgan fingerprint density at radius 1 is 0.950 bits per heavy atom. The quantitative estimate of drug-likeness (QED) is 0.0718. The Labute approximate surface area is 340 Å². The molecule has 0 aliphatic carbocycles. The van der Waals surface area contributed by atoms with Gasteiger partial charge in [-0.2, -0.15) is 4.31 Å². The van der Waals surface area contributed by atoms with Gasteiger partial charge in [0.2, 0.25) is 17.7 Å². The molecule has 0 radical (unpaired) electrons. The summed E-state index contributed by atoms with van der Waals surface area (Å²) >= 11 is 0. The van der Waals surface area contributed by atoms with E-state index < -0.39 is 107 Å². The van der Waals surface area contributed by atoms with E-state index in [0.717, 1.165) is 12.7 Å². The summed E-state index contributed by atoms with van der Waals surface area (Å²) in [7, 11) is -10.7. The number of nitrogens with zero attached hydrogens (tertiary/aromatic N) is 5. The summed E-state index contributed by atoms with van der Waals surface area (Å²) in [6.07, 6.45) is -3.21. The van der Waals surface area contributed by atoms with Crippen LogP contribution in [0.2, 0.25) is 0 Å². The maximum atomic E-state index is 12.4. The van der Waals surface area contributed by atoms with Crippen LogP contribution >= 0.6 is 15.6 Å². The number of carbonyl (C=O) groups is 4. The van der Waals surface area contributed by atoms with E-state index in [2.05, 4.69) is 29.9 Å². The third-order valence-electron chi connectivity index (χ3n) is 9.95. The average Bonchev–Trinajstić information content (AvgIpc) is 3.82. The molecule has 2 unspecified atom stereocenters. The largest absolute Gasteiger partial charge is 0.481 e. The number of nitrogens with one attached hydrogen (secondary N) is 2. The summed E-state index contributed by atoms with van der Waals surface area (Å²) in [5.41, 5.74) is 10.5. The summed E-state index contributed by atoms with van der Waals surface area (Å²) in [5.74, 6) is -1.18. The maximum Gasteiger partial charge on any atom is 0.481 e. The lowest BCUT2D eigenvalue weighted by molar-refractivity contribution is -0.145. The van der Waals surface area contributed by atoms with Crippen molar-refractivity contribution in [1.29, 1.82) is 0 Å². The molecule has 10 atom stereocenters. The SMILES string of the molecule is CCC1(CCC(C)C)C(=O)NC(=O)NC1=O.NC(=O)C1=CN([C@@H]2O[C@H](COP(=O)(O)OP(=O)(O)OC[C@H]3O[C@@H](n4cnc5c(N)ncnc54)[C@H](O)[C@@H]3O)[C@@H](O)[C@H]2O)C=CC1. The van der Waals surface area contributed by atoms with Gasteiger partial charge in [-0.3, -0.25) is 38.6 Å². The lowest BCUT2D eigenvalue weighted by atomic mass is 9.76. The molecule has 6 rings (SSSR count). The van der Waals surface area contributed by atoms with Crippen molar-refractivity contribution >= 4 is 56.4 Å². The van der Waals surface area contributed by atoms with Crippen LogP contribution in [0.5, 0.6) is 0 Å². The predicted molar refractivity (Wildman–Crippen MR) is 200 cm³/mol. The number of anilines is 1. The number of aromatic nitrogens is 4. The number of primary amides is 1. The Morgan fingerprint density at radius 3 is 2.07 bits per heavy atom. The number of aliphatic hydroxyl groups excluding tert-OH is 4. The molecule has 60 heavy (non-hydrogen) atoms. The van der Waals surface area contributed by atoms with Crippen LogP contribution in [-0.4, -0.2) is 134 Å². The molecular weight excluding hydrogens is 844 g/mol. The number of imide groups is 2. The minimum Gasteiger partial charge on any atom is -0.387 e. The van der Waals surface area contributed by atoms with Gasteiger partial charge in [0.1, 0.15) is 53.9 Å². The van der Waals surface area contributed by atoms with Crippen LogP contribution in [0.4, 0.5) is 10.6 Å². The highest BCUT2D eigenvalue weighted by molar-refractivity contribution is 7.61. The van der Waals surface area contributed by atoms with Crippen LogP contribution in [0, 0.1) is 11.3 Å². The molecule has 28 heteroatoms. The zero-order valence-corrected chi connectivity index (χ0v) is 34.1. The number of urea groups is 1. The second kappa shape index (κ2) is 18.8. The van der Waals surface area contributed by atoms with E-state index in [1.807, 2.05) is 13.8 Å². The van der Waals surface area contributed by atoms with Crippen molar-refractivity contribution in [3.8, 4) is 0 Å². The molecule has 4 aliphatic rings. The summed E-state index contributed by atoms with van der Waals surface area (Å²) < 4.78 is 50.8. The highest BCUT2D eigenvalue weighted by Gasteiger charge is 2.50. The third-order valence-corrected chi connectivity index (χ3v) is 12.6. The molecule has 3 fully saturated rings. The van der Waals surface area contributed by atoms with E-state index in [-0.39, 0.29) is 29.0 Å². The van der Waals surface area contributed by atoms with E-state index in [4.69, 9.17) is 30.0 Å². The first kappa shape index (κ1) is 46.8. The summed E-state index contributed by atoms with van der Waals surface area (Å²) in [6.45, 7) is 4.07. The van der Waals surface area contributed by atoms with Crippen molar-refractivity contribution in [2.45, 2.75) is 95.5 Å². The maximum absolute atomic E-state index is 12.4. The number of hydrogen-bond acceptors (Lipinski definition) is 20. The summed E-state index contributed by atoms with van der Waals surface area (Å²) in [4.78, 5) is 79.2. The normalized spacial score (nSPS) is 29.7. The van der Waals surface area contributed by atoms with Gasteiger partial charge in [0.15, 0.2) is 23.9 Å². The standard InChI is InChI=1S/C21H29N7O14P2.C11H18N2O3/c22-17-12-19(25-7-24-17)28(8-26-12)21-16(32)14(30)11(41-21)6-39-44(36,37)42-43(34,35)38-5-10-13(29)15(31)20(40-10)27-3-1-2-9(4-27)18(23)33;1-4-11(6-5-7(2)3)8(14)12-10(16)13-9(11)15/h1,3-4,7-8,10-11,13-16,20-21,29-32H,2,5-6H2,(H2,23,33)(H,34,35)(H,36,37)(H2,22,24,25);7H,4-6H2,1-3H3,(H2,12,13,14,15,16)/t10-,11-,13-,14-,15-,16-,20-,21-;/m1./s1. The average molecular weight is 892 g/mol. The van der Waals surface area contributed by atoms with Gasteiger partial charge in [0.25, 0.3) is 0 Å². The molecule has 4 aliphatic heterocycles. The summed E-state index contributed by atoms with van der Waals surface area (Å²) in [6, 6.07) is -0.719. The second-order valence-electron chi connectivity index (χ2n) is 14.4. The number of hydrogen-bond donors (Lipinski definition) is 10. The van der Waals surface area contributed by atoms with Crippen molar-refractivity contribution < 1.29 is 81.4 Å². The van der Waals surface area contributed by atoms with Crippen molar-refractivity contribution in [3.63, 3.8) is 0 Å². The number of phosphoric acid groups is 2. The highest BCUT2D eigenvalue weighted by atomic mass is 31.3. The van der Waals surface area contributed by atoms with Gasteiger partial charge < -0.3 is 56.1 Å². The molecule has 5 amide bonds. The molecule has 6 heterocycles. The Bertz CT molecular complexity index is 2080. The van der Waals surface area contributed by atoms with Gasteiger partial charge in [-0.05, 0) is 31.6 Å². The lowest BCUT2D eigenvalue weighted by Crippen LogP contribution is -2.62. The Kier molecular flexibility index (Phi) is 14.6. The first-order chi connectivity index (χ1) is 28.1. The van der Waals surface area contributed by atoms with Crippen molar-refractivity contribution in [2.75, 3.05) is 18.9 Å². The number of carbonyl (C=O) groups excluding carboxylic acids is 4. The van der Waals surface area contributed by atoms with Gasteiger partial charge in [0, 0.05) is 18.0 Å². The predicted octanol–water partition coefficient (Wildman–Crippen LogP) is -1.50. The van der Waals surface area contributed by atoms with Crippen molar-refractivity contribution in [3.05, 3.63) is 36.7 Å². The van der Waals surface area contributed by atoms with Crippen molar-refractivity contribution in [1.82, 2.24) is 35.1 Å². The Balaban J connectivity index is 0.000000359. The minimum atomic E-state index is -5.37. The monoisotopic (exact) mass is 891 g/mol. The number of nitrogen functional groups attached to an aromatic ring is 1. The second-order valence-corrected chi connectivity index (χ2v) is 17.5. The molecule has 0 saturated carbocycles. The number of phosphoric ester groups is 2. The number of amides is 5. The van der Waals surface area contributed by atoms with Crippen molar-refractivity contribution in [2.24, 2.45) is 17.1 Å². The van der Waals surface area contributed by atoms with Gasteiger partial charge in [-0.15, -0.1) is 0 Å². The first-order valence-electron chi connectivity index (χ1n) is 18.3. The fourth-order valence-corrected chi connectivity index (χ4v) is 8.61. The molecule has 2 aromatic rings. The number of barbiturate groups is 1. The molecule has 0 bridgehead atoms. The number of fused-ring (bicyclic) bond motifs is 1. The van der Waals surface area contributed by atoms with Crippen LogP contribution in [0.3, 0.4) is 0 Å². The van der Waals surface area contributed by atoms with E-state index >= 15 is 0 Å². The zero-order chi connectivity index (χ0) is 44.3. The van der Waals surface area contributed by atoms with Crippen LogP contribution < -0.4 is 22.1 Å². The fraction of sp³-hybridized carbons (Fsp3) is 0.594. The summed E-state index contributed by atoms with van der Waals surface area (Å²) in [5, 5.41) is 46.0. The minimum absolute atomic E-state index is 0.0517. The smallest absolute Gasteiger partial charge is 0.387 e. The number of ether oxygens (including phenoxy) is 2. The fourth-order valence-electron chi connectivity index (χ4n) is 6.52. The molecule has 0 aromatic carbocycles. The van der Waals surface area contributed by atoms with E-state index in [1.54, 1.807) is 13.0 Å². The first-order valence-corrected chi connectivity index (χ1v) is 21.3. The van der Waals surface area contributed by atoms with E-state index in [9.17, 15) is 58.5 Å². The number of allylic oxidation sites excluding steroid dienone is 1. The van der Waals surface area contributed by atoms with E-state index in [0.29, 0.717) is 18.8 Å². The van der Waals surface area contributed by atoms with Crippen LogP contribution in [0.25, 0.3) is 11.2 Å². The number of imidazole rings is 1. The Morgan fingerprint density at radius 2 is 1.52 bits per heavy atom. The lowest BCUT2D eigenvalue weighted by Gasteiger charge is -2.33. The number of nitrogens with two attached hydrogens (primary N) is 2. The molecule has 332 valence electrons. The number of aliphatic hydroxyl groups is 4. The molecule has 3 saturated heterocycles. The van der Waals surface area contributed by atoms with Gasteiger partial charge in [-0.1, -0.05) is 26.8 Å². The van der Waals surface area contributed by atoms with Crippen LogP contribution in [0.1, 0.15) is 52.7 Å². The number of rotatable bonds is 15. The molecule has 12 N–H and O–H groups in total. The zero-order valence-electron chi connectivity index (χ0n) is 32.3. The molecule has 2 aromatic heterocycles. The third kappa shape index (κ3) is 10.4. The van der Waals surface area contributed by atoms with Crippen LogP contribution in [0.15, 0.2) is 36.7 Å². The van der Waals surface area contributed by atoms with E-state index in [1.165, 1.54) is 28.2 Å². The van der Waals surface area contributed by atoms with Crippen LogP contribution in [-0.2, 0) is 46.3 Å². The molecule has 26 nitrogen and oxygen atoms in total.